The highest BCUT2D eigenvalue weighted by atomic mass is 32.1. The summed E-state index contributed by atoms with van der Waals surface area (Å²) >= 11 is 1.41. The summed E-state index contributed by atoms with van der Waals surface area (Å²) in [4.78, 5) is 0. The molecule has 1 rings (SSSR count). The summed E-state index contributed by atoms with van der Waals surface area (Å²) in [7, 11) is 1.84. The Kier molecular flexibility index (Phi) is 5.79. The Morgan fingerprint density at radius 1 is 1.24 bits per heavy atom. The van der Waals surface area contributed by atoms with Crippen LogP contribution in [-0.4, -0.2) is 43.2 Å². The normalized spacial score (nSPS) is 12.0. The third-order valence-corrected chi connectivity index (χ3v) is 2.87. The predicted octanol–water partition coefficient (Wildman–Crippen LogP) is 1.42. The van der Waals surface area contributed by atoms with Crippen molar-refractivity contribution in [2.45, 2.75) is 19.0 Å². The summed E-state index contributed by atoms with van der Waals surface area (Å²) in [6.07, 6.45) is -3.12. The van der Waals surface area contributed by atoms with Crippen molar-refractivity contribution in [3.63, 3.8) is 0 Å². The first-order valence-corrected chi connectivity index (χ1v) is 5.93. The first-order chi connectivity index (χ1) is 8.01. The Morgan fingerprint density at radius 3 is 2.47 bits per heavy atom. The molecular formula is C9H14F3N3OS. The first kappa shape index (κ1) is 14.3. The van der Waals surface area contributed by atoms with Gasteiger partial charge in [-0.05, 0) is 7.05 Å². The van der Waals surface area contributed by atoms with Gasteiger partial charge in [-0.1, -0.05) is 0 Å². The van der Waals surface area contributed by atoms with Gasteiger partial charge in [0.1, 0.15) is 16.6 Å². The molecule has 0 unspecified atom stereocenters. The minimum Gasteiger partial charge on any atom is -0.372 e. The molecule has 1 N–H and O–H groups in total. The summed E-state index contributed by atoms with van der Waals surface area (Å²) in [6, 6.07) is 0. The van der Waals surface area contributed by atoms with Crippen LogP contribution >= 0.6 is 11.3 Å². The van der Waals surface area contributed by atoms with Gasteiger partial charge in [0.05, 0.1) is 6.61 Å². The number of ether oxygens (including phenoxy) is 1. The van der Waals surface area contributed by atoms with Gasteiger partial charge in [0.15, 0.2) is 0 Å². The molecular weight excluding hydrogens is 255 g/mol. The molecule has 0 aliphatic carbocycles. The SMILES string of the molecule is CNCCc1nnc(CCOCC(F)(F)F)s1. The lowest BCUT2D eigenvalue weighted by molar-refractivity contribution is -0.173. The van der Waals surface area contributed by atoms with E-state index in [2.05, 4.69) is 20.3 Å². The van der Waals surface area contributed by atoms with Gasteiger partial charge in [-0.15, -0.1) is 21.5 Å². The summed E-state index contributed by atoms with van der Waals surface area (Å²) in [5.74, 6) is 0. The van der Waals surface area contributed by atoms with Crippen LogP contribution in [0.3, 0.4) is 0 Å². The fourth-order valence-electron chi connectivity index (χ4n) is 1.07. The number of halogens is 3. The standard InChI is InChI=1S/C9H14F3N3OS/c1-13-4-2-7-14-15-8(17-7)3-5-16-6-9(10,11)12/h13H,2-6H2,1H3. The molecule has 0 fully saturated rings. The molecule has 0 aliphatic heterocycles. The smallest absolute Gasteiger partial charge is 0.372 e. The second-order valence-electron chi connectivity index (χ2n) is 3.36. The van der Waals surface area contributed by atoms with E-state index in [1.165, 1.54) is 11.3 Å². The zero-order valence-corrected chi connectivity index (χ0v) is 10.2. The monoisotopic (exact) mass is 269 g/mol. The van der Waals surface area contributed by atoms with Gasteiger partial charge >= 0.3 is 6.18 Å². The molecule has 0 spiro atoms. The molecule has 0 radical (unpaired) electrons. The summed E-state index contributed by atoms with van der Waals surface area (Å²) in [5, 5.41) is 12.4. The van der Waals surface area contributed by atoms with Crippen LogP contribution in [0.5, 0.6) is 0 Å². The molecule has 1 aromatic heterocycles. The Labute approximate surface area is 101 Å². The van der Waals surface area contributed by atoms with Gasteiger partial charge in [-0.3, -0.25) is 0 Å². The molecule has 0 aromatic carbocycles. The second kappa shape index (κ2) is 6.87. The van der Waals surface area contributed by atoms with Crippen LogP contribution in [0.4, 0.5) is 13.2 Å². The lowest BCUT2D eigenvalue weighted by Gasteiger charge is -2.05. The molecule has 0 bridgehead atoms. The molecule has 0 saturated carbocycles. The van der Waals surface area contributed by atoms with E-state index >= 15 is 0 Å². The van der Waals surface area contributed by atoms with Gasteiger partial charge in [0.2, 0.25) is 0 Å². The number of aromatic nitrogens is 2. The van der Waals surface area contributed by atoms with Crippen molar-refractivity contribution in [1.82, 2.24) is 15.5 Å². The predicted molar refractivity (Wildman–Crippen MR) is 58.1 cm³/mol. The second-order valence-corrected chi connectivity index (χ2v) is 4.51. The van der Waals surface area contributed by atoms with Crippen LogP contribution < -0.4 is 5.32 Å². The molecule has 0 atom stereocenters. The quantitative estimate of drug-likeness (QED) is 0.761. The topological polar surface area (TPSA) is 47.0 Å². The molecule has 0 aliphatic rings. The average molecular weight is 269 g/mol. The van der Waals surface area contributed by atoms with E-state index in [1.807, 2.05) is 7.05 Å². The maximum absolute atomic E-state index is 11.8. The van der Waals surface area contributed by atoms with Crippen molar-refractivity contribution in [1.29, 1.82) is 0 Å². The van der Waals surface area contributed by atoms with Gasteiger partial charge in [-0.2, -0.15) is 13.2 Å². The number of likely N-dealkylation sites (N-methyl/N-ethyl adjacent to an activating group) is 1. The van der Waals surface area contributed by atoms with E-state index in [9.17, 15) is 13.2 Å². The minimum atomic E-state index is -4.26. The van der Waals surface area contributed by atoms with E-state index in [0.717, 1.165) is 18.0 Å². The zero-order chi connectivity index (χ0) is 12.7. The van der Waals surface area contributed by atoms with Crippen LogP contribution in [0.15, 0.2) is 0 Å². The van der Waals surface area contributed by atoms with Crippen molar-refractivity contribution >= 4 is 11.3 Å². The highest BCUT2D eigenvalue weighted by Gasteiger charge is 2.27. The van der Waals surface area contributed by atoms with E-state index in [1.54, 1.807) is 0 Å². The van der Waals surface area contributed by atoms with Crippen molar-refractivity contribution in [2.75, 3.05) is 26.8 Å². The van der Waals surface area contributed by atoms with Gasteiger partial charge in [-0.25, -0.2) is 0 Å². The third kappa shape index (κ3) is 6.54. The van der Waals surface area contributed by atoms with Crippen molar-refractivity contribution in [3.05, 3.63) is 10.0 Å². The van der Waals surface area contributed by atoms with Crippen LogP contribution in [0, 0.1) is 0 Å². The Morgan fingerprint density at radius 2 is 1.88 bits per heavy atom. The van der Waals surface area contributed by atoms with E-state index in [-0.39, 0.29) is 6.61 Å². The van der Waals surface area contributed by atoms with Crippen molar-refractivity contribution in [2.24, 2.45) is 0 Å². The van der Waals surface area contributed by atoms with Gasteiger partial charge in [0, 0.05) is 19.4 Å². The van der Waals surface area contributed by atoms with Gasteiger partial charge < -0.3 is 10.1 Å². The van der Waals surface area contributed by atoms with E-state index < -0.39 is 12.8 Å². The van der Waals surface area contributed by atoms with Crippen LogP contribution in [-0.2, 0) is 17.6 Å². The Hall–Kier alpha value is -0.730. The molecule has 1 heterocycles. The third-order valence-electron chi connectivity index (χ3n) is 1.82. The maximum atomic E-state index is 11.8. The van der Waals surface area contributed by atoms with Gasteiger partial charge in [0.25, 0.3) is 0 Å². The number of rotatable bonds is 7. The van der Waals surface area contributed by atoms with E-state index in [4.69, 9.17) is 0 Å². The lowest BCUT2D eigenvalue weighted by Crippen LogP contribution is -2.17. The molecule has 98 valence electrons. The fraction of sp³-hybridized carbons (Fsp3) is 0.778. The minimum absolute atomic E-state index is 0.0141. The molecule has 8 heteroatoms. The fourth-order valence-corrected chi connectivity index (χ4v) is 1.89. The maximum Gasteiger partial charge on any atom is 0.411 e. The highest BCUT2D eigenvalue weighted by Crippen LogP contribution is 2.15. The Balaban J connectivity index is 2.21. The lowest BCUT2D eigenvalue weighted by atomic mass is 10.4. The molecule has 1 aromatic rings. The number of nitrogens with zero attached hydrogens (tertiary/aromatic N) is 2. The van der Waals surface area contributed by atoms with E-state index in [0.29, 0.717) is 11.4 Å². The summed E-state index contributed by atoms with van der Waals surface area (Å²) < 4.78 is 39.8. The average Bonchev–Trinajstić information content (AvgIpc) is 2.68. The number of alkyl halides is 3. The molecule has 4 nitrogen and oxygen atoms in total. The largest absolute Gasteiger partial charge is 0.411 e. The van der Waals surface area contributed by atoms with Crippen molar-refractivity contribution < 1.29 is 17.9 Å². The van der Waals surface area contributed by atoms with Crippen LogP contribution in [0.25, 0.3) is 0 Å². The summed E-state index contributed by atoms with van der Waals surface area (Å²) in [5.41, 5.74) is 0. The van der Waals surface area contributed by atoms with Crippen LogP contribution in [0.2, 0.25) is 0 Å². The Bertz CT molecular complexity index is 330. The molecule has 0 amide bonds. The van der Waals surface area contributed by atoms with Crippen molar-refractivity contribution in [3.8, 4) is 0 Å². The molecule has 17 heavy (non-hydrogen) atoms. The number of nitrogens with one attached hydrogen (secondary N) is 1. The highest BCUT2D eigenvalue weighted by molar-refractivity contribution is 7.11. The summed E-state index contributed by atoms with van der Waals surface area (Å²) in [6.45, 7) is -0.391. The first-order valence-electron chi connectivity index (χ1n) is 5.11. The number of hydrogen-bond donors (Lipinski definition) is 1. The zero-order valence-electron chi connectivity index (χ0n) is 9.38. The molecule has 0 saturated heterocycles. The number of hydrogen-bond acceptors (Lipinski definition) is 5. The van der Waals surface area contributed by atoms with Crippen LogP contribution in [0.1, 0.15) is 10.0 Å².